The number of nitro groups is 1. The summed E-state index contributed by atoms with van der Waals surface area (Å²) < 4.78 is 0. The Hall–Kier alpha value is -2.24. The van der Waals surface area contributed by atoms with Crippen molar-refractivity contribution >= 4 is 5.69 Å². The molecule has 0 saturated heterocycles. The summed E-state index contributed by atoms with van der Waals surface area (Å²) in [5.41, 5.74) is 2.94. The molecule has 0 amide bonds. The summed E-state index contributed by atoms with van der Waals surface area (Å²) >= 11 is 0. The number of hydrogen-bond acceptors (Lipinski definition) is 4. The topological polar surface area (TPSA) is 66.6 Å². The zero-order chi connectivity index (χ0) is 16.1. The molecule has 2 aromatic rings. The lowest BCUT2D eigenvalue weighted by Gasteiger charge is -2.21. The van der Waals surface area contributed by atoms with Crippen LogP contribution < -0.4 is 0 Å². The van der Waals surface area contributed by atoms with Crippen molar-refractivity contribution in [1.29, 1.82) is 0 Å². The maximum Gasteiger partial charge on any atom is 0.269 e. The van der Waals surface area contributed by atoms with Crippen molar-refractivity contribution in [2.45, 2.75) is 19.6 Å². The summed E-state index contributed by atoms with van der Waals surface area (Å²) in [6, 6.07) is 14.4. The minimum atomic E-state index is -0.754. The quantitative estimate of drug-likeness (QED) is 0.657. The van der Waals surface area contributed by atoms with E-state index in [2.05, 4.69) is 24.3 Å². The maximum atomic E-state index is 10.8. The van der Waals surface area contributed by atoms with Gasteiger partial charge in [-0.3, -0.25) is 15.0 Å². The lowest BCUT2D eigenvalue weighted by atomic mass is 10.1. The minimum Gasteiger partial charge on any atom is -0.387 e. The molecule has 0 aliphatic heterocycles. The van der Waals surface area contributed by atoms with Crippen LogP contribution in [0.25, 0.3) is 0 Å². The molecule has 1 atom stereocenters. The Labute approximate surface area is 130 Å². The van der Waals surface area contributed by atoms with Crippen molar-refractivity contribution < 1.29 is 10.0 Å². The molecule has 2 aromatic carbocycles. The van der Waals surface area contributed by atoms with Crippen LogP contribution in [0.3, 0.4) is 0 Å². The molecule has 0 radical (unpaired) electrons. The number of nitro benzene ring substituents is 1. The van der Waals surface area contributed by atoms with Gasteiger partial charge in [0.25, 0.3) is 5.69 Å². The van der Waals surface area contributed by atoms with Gasteiger partial charge in [-0.25, -0.2) is 0 Å². The fourth-order valence-electron chi connectivity index (χ4n) is 2.32. The Kier molecular flexibility index (Phi) is 5.25. The highest BCUT2D eigenvalue weighted by molar-refractivity contribution is 5.35. The van der Waals surface area contributed by atoms with Crippen LogP contribution >= 0.6 is 0 Å². The molecule has 0 fully saturated rings. The van der Waals surface area contributed by atoms with Gasteiger partial charge in [0.1, 0.15) is 0 Å². The van der Waals surface area contributed by atoms with Gasteiger partial charge in [-0.15, -0.1) is 0 Å². The van der Waals surface area contributed by atoms with E-state index in [0.29, 0.717) is 18.7 Å². The summed E-state index contributed by atoms with van der Waals surface area (Å²) in [7, 11) is 1.92. The molecule has 0 heterocycles. The highest BCUT2D eigenvalue weighted by Crippen LogP contribution is 2.20. The second kappa shape index (κ2) is 7.15. The average molecular weight is 300 g/mol. The Balaban J connectivity index is 1.98. The molecule has 0 aliphatic rings. The predicted molar refractivity (Wildman–Crippen MR) is 85.6 cm³/mol. The van der Waals surface area contributed by atoms with E-state index in [1.54, 1.807) is 12.1 Å². The Morgan fingerprint density at radius 3 is 2.55 bits per heavy atom. The number of aliphatic hydroxyl groups excluding tert-OH is 1. The van der Waals surface area contributed by atoms with Crippen LogP contribution in [0, 0.1) is 17.0 Å². The molecule has 1 unspecified atom stereocenters. The number of aliphatic hydroxyl groups is 1. The van der Waals surface area contributed by atoms with E-state index in [-0.39, 0.29) is 5.69 Å². The minimum absolute atomic E-state index is 0.00209. The zero-order valence-electron chi connectivity index (χ0n) is 12.8. The van der Waals surface area contributed by atoms with Gasteiger partial charge in [-0.2, -0.15) is 0 Å². The fourth-order valence-corrected chi connectivity index (χ4v) is 2.32. The van der Waals surface area contributed by atoms with Gasteiger partial charge in [0.15, 0.2) is 0 Å². The van der Waals surface area contributed by atoms with Crippen LogP contribution in [0.2, 0.25) is 0 Å². The Morgan fingerprint density at radius 1 is 1.23 bits per heavy atom. The van der Waals surface area contributed by atoms with Crippen molar-refractivity contribution in [1.82, 2.24) is 4.90 Å². The standard InChI is InChI=1S/C17H20N2O3/c1-13-6-8-14(9-7-13)11-18(2)12-17(20)15-4-3-5-16(10-15)19(21)22/h3-10,17,20H,11-12H2,1-2H3. The molecule has 2 rings (SSSR count). The molecule has 0 bridgehead atoms. The number of non-ortho nitro benzene ring substituents is 1. The predicted octanol–water partition coefficient (Wildman–Crippen LogP) is 3.07. The first-order valence-electron chi connectivity index (χ1n) is 7.12. The fraction of sp³-hybridized carbons (Fsp3) is 0.294. The van der Waals surface area contributed by atoms with Gasteiger partial charge in [0.2, 0.25) is 0 Å². The third-order valence-corrected chi connectivity index (χ3v) is 3.52. The summed E-state index contributed by atoms with van der Waals surface area (Å²) in [6.07, 6.45) is -0.754. The van der Waals surface area contributed by atoms with Gasteiger partial charge in [-0.05, 0) is 25.1 Å². The SMILES string of the molecule is Cc1ccc(CN(C)CC(O)c2cccc([N+](=O)[O-])c2)cc1. The van der Waals surface area contributed by atoms with Crippen LogP contribution in [-0.2, 0) is 6.54 Å². The third kappa shape index (κ3) is 4.38. The van der Waals surface area contributed by atoms with Crippen molar-refractivity contribution in [2.24, 2.45) is 0 Å². The van der Waals surface area contributed by atoms with Gasteiger partial charge < -0.3 is 5.11 Å². The van der Waals surface area contributed by atoms with E-state index >= 15 is 0 Å². The van der Waals surface area contributed by atoms with E-state index in [9.17, 15) is 15.2 Å². The lowest BCUT2D eigenvalue weighted by Crippen LogP contribution is -2.24. The van der Waals surface area contributed by atoms with E-state index in [4.69, 9.17) is 0 Å². The average Bonchev–Trinajstić information content (AvgIpc) is 2.49. The molecule has 116 valence electrons. The number of hydrogen-bond donors (Lipinski definition) is 1. The normalized spacial score (nSPS) is 12.4. The molecule has 0 aliphatic carbocycles. The second-order valence-electron chi connectivity index (χ2n) is 5.55. The Morgan fingerprint density at radius 2 is 1.91 bits per heavy atom. The number of aryl methyl sites for hydroxylation is 1. The molecular formula is C17H20N2O3. The van der Waals surface area contributed by atoms with Crippen molar-refractivity contribution in [3.8, 4) is 0 Å². The van der Waals surface area contributed by atoms with E-state index in [1.165, 1.54) is 23.3 Å². The smallest absolute Gasteiger partial charge is 0.269 e. The van der Waals surface area contributed by atoms with Crippen LogP contribution in [-0.4, -0.2) is 28.5 Å². The van der Waals surface area contributed by atoms with Gasteiger partial charge >= 0.3 is 0 Å². The first-order chi connectivity index (χ1) is 10.5. The highest BCUT2D eigenvalue weighted by atomic mass is 16.6. The highest BCUT2D eigenvalue weighted by Gasteiger charge is 2.14. The van der Waals surface area contributed by atoms with Crippen molar-refractivity contribution in [3.63, 3.8) is 0 Å². The summed E-state index contributed by atoms with van der Waals surface area (Å²) in [5.74, 6) is 0. The monoisotopic (exact) mass is 300 g/mol. The Bertz CT molecular complexity index is 641. The number of benzene rings is 2. The van der Waals surface area contributed by atoms with Crippen LogP contribution in [0.4, 0.5) is 5.69 Å². The summed E-state index contributed by atoms with van der Waals surface area (Å²) in [4.78, 5) is 12.3. The van der Waals surface area contributed by atoms with E-state index in [0.717, 1.165) is 0 Å². The largest absolute Gasteiger partial charge is 0.387 e. The van der Waals surface area contributed by atoms with Gasteiger partial charge in [0, 0.05) is 25.2 Å². The first kappa shape index (κ1) is 16.1. The number of likely N-dealkylation sites (N-methyl/N-ethyl adjacent to an activating group) is 1. The molecule has 5 heteroatoms. The molecule has 0 aromatic heterocycles. The van der Waals surface area contributed by atoms with Crippen LogP contribution in [0.5, 0.6) is 0 Å². The number of rotatable bonds is 6. The summed E-state index contributed by atoms with van der Waals surface area (Å²) in [5, 5.41) is 21.0. The first-order valence-corrected chi connectivity index (χ1v) is 7.12. The summed E-state index contributed by atoms with van der Waals surface area (Å²) in [6.45, 7) is 3.17. The molecule has 5 nitrogen and oxygen atoms in total. The molecule has 0 saturated carbocycles. The number of nitrogens with zero attached hydrogens (tertiary/aromatic N) is 2. The lowest BCUT2D eigenvalue weighted by molar-refractivity contribution is -0.385. The molecular weight excluding hydrogens is 280 g/mol. The molecule has 0 spiro atoms. The van der Waals surface area contributed by atoms with Gasteiger partial charge in [0.05, 0.1) is 11.0 Å². The van der Waals surface area contributed by atoms with E-state index < -0.39 is 11.0 Å². The van der Waals surface area contributed by atoms with Crippen LogP contribution in [0.1, 0.15) is 22.8 Å². The third-order valence-electron chi connectivity index (χ3n) is 3.52. The van der Waals surface area contributed by atoms with E-state index in [1.807, 2.05) is 18.9 Å². The maximum absolute atomic E-state index is 10.8. The zero-order valence-corrected chi connectivity index (χ0v) is 12.8. The van der Waals surface area contributed by atoms with Crippen LogP contribution in [0.15, 0.2) is 48.5 Å². The molecule has 1 N–H and O–H groups in total. The second-order valence-corrected chi connectivity index (χ2v) is 5.55. The molecule has 22 heavy (non-hydrogen) atoms. The van der Waals surface area contributed by atoms with Crippen molar-refractivity contribution in [2.75, 3.05) is 13.6 Å². The van der Waals surface area contributed by atoms with Gasteiger partial charge in [-0.1, -0.05) is 42.0 Å². The van der Waals surface area contributed by atoms with Crippen molar-refractivity contribution in [3.05, 3.63) is 75.3 Å².